The average Bonchev–Trinajstić information content (AvgIpc) is 3.19. The smallest absolute Gasteiger partial charge is 0.273 e. The number of hydrogen-bond donors (Lipinski definition) is 0. The molecule has 22 heavy (non-hydrogen) atoms. The lowest BCUT2D eigenvalue weighted by Gasteiger charge is -2.18. The molecule has 0 amide bonds. The number of sulfonamides is 1. The summed E-state index contributed by atoms with van der Waals surface area (Å²) in [5.41, 5.74) is 0. The number of aromatic nitrogens is 1. The van der Waals surface area contributed by atoms with Crippen molar-refractivity contribution >= 4 is 21.4 Å². The van der Waals surface area contributed by atoms with Crippen LogP contribution in [0.3, 0.4) is 0 Å². The van der Waals surface area contributed by atoms with Gasteiger partial charge in [0, 0.05) is 18.1 Å². The number of rotatable bonds is 5. The average molecular weight is 340 g/mol. The first-order chi connectivity index (χ1) is 10.6. The van der Waals surface area contributed by atoms with Crippen LogP contribution in [0.25, 0.3) is 0 Å². The third-order valence-electron chi connectivity index (χ3n) is 3.47. The first-order valence-electron chi connectivity index (χ1n) is 6.80. The van der Waals surface area contributed by atoms with E-state index in [-0.39, 0.29) is 11.0 Å². The SMILES string of the molecule is COc1ccccc1S(=O)(=O)N1CC[C@@H](Oc2nccs2)C1. The Balaban J connectivity index is 1.76. The van der Waals surface area contributed by atoms with Crippen molar-refractivity contribution in [2.24, 2.45) is 0 Å². The number of hydrogen-bond acceptors (Lipinski definition) is 6. The van der Waals surface area contributed by atoms with Gasteiger partial charge in [0.15, 0.2) is 0 Å². The number of methoxy groups -OCH3 is 1. The highest BCUT2D eigenvalue weighted by Crippen LogP contribution is 2.29. The molecule has 1 aliphatic rings. The molecular weight excluding hydrogens is 324 g/mol. The van der Waals surface area contributed by atoms with E-state index in [0.29, 0.717) is 30.5 Å². The third kappa shape index (κ3) is 2.94. The second-order valence-corrected chi connectivity index (χ2v) is 7.60. The Morgan fingerprint density at radius 1 is 1.36 bits per heavy atom. The van der Waals surface area contributed by atoms with E-state index >= 15 is 0 Å². The maximum Gasteiger partial charge on any atom is 0.273 e. The summed E-state index contributed by atoms with van der Waals surface area (Å²) in [5.74, 6) is 0.354. The largest absolute Gasteiger partial charge is 0.495 e. The quantitative estimate of drug-likeness (QED) is 0.833. The van der Waals surface area contributed by atoms with Crippen molar-refractivity contribution in [3.05, 3.63) is 35.8 Å². The van der Waals surface area contributed by atoms with Crippen molar-refractivity contribution in [2.75, 3.05) is 20.2 Å². The molecule has 118 valence electrons. The predicted molar refractivity (Wildman–Crippen MR) is 82.9 cm³/mol. The molecule has 2 heterocycles. The Morgan fingerprint density at radius 3 is 2.91 bits per heavy atom. The first-order valence-corrected chi connectivity index (χ1v) is 9.12. The van der Waals surface area contributed by atoms with E-state index in [1.807, 2.05) is 5.38 Å². The van der Waals surface area contributed by atoms with E-state index in [0.717, 1.165) is 0 Å². The van der Waals surface area contributed by atoms with E-state index in [2.05, 4.69) is 4.98 Å². The molecule has 0 spiro atoms. The normalized spacial score (nSPS) is 19.2. The summed E-state index contributed by atoms with van der Waals surface area (Å²) in [6, 6.07) is 6.64. The predicted octanol–water partition coefficient (Wildman–Crippen LogP) is 1.99. The molecule has 1 aromatic heterocycles. The highest BCUT2D eigenvalue weighted by Gasteiger charge is 2.35. The maximum absolute atomic E-state index is 12.7. The molecule has 0 aliphatic carbocycles. The molecule has 3 rings (SSSR count). The molecule has 0 bridgehead atoms. The lowest BCUT2D eigenvalue weighted by Crippen LogP contribution is -2.31. The minimum absolute atomic E-state index is 0.171. The molecule has 6 nitrogen and oxygen atoms in total. The molecule has 0 N–H and O–H groups in total. The van der Waals surface area contributed by atoms with Gasteiger partial charge in [0.05, 0.1) is 13.7 Å². The molecule has 1 aromatic carbocycles. The minimum Gasteiger partial charge on any atom is -0.495 e. The fourth-order valence-corrected chi connectivity index (χ4v) is 4.59. The summed E-state index contributed by atoms with van der Waals surface area (Å²) in [6.45, 7) is 0.746. The molecule has 1 atom stereocenters. The molecule has 0 saturated carbocycles. The van der Waals surface area contributed by atoms with Crippen molar-refractivity contribution in [1.82, 2.24) is 9.29 Å². The lowest BCUT2D eigenvalue weighted by molar-refractivity contribution is 0.214. The minimum atomic E-state index is -3.58. The number of ether oxygens (including phenoxy) is 2. The zero-order valence-electron chi connectivity index (χ0n) is 12.0. The fourth-order valence-electron chi connectivity index (χ4n) is 2.39. The standard InChI is InChI=1S/C14H16N2O4S2/c1-19-12-4-2-3-5-13(12)22(17,18)16-8-6-11(10-16)20-14-15-7-9-21-14/h2-5,7,9,11H,6,8,10H2,1H3/t11-/m1/s1. The van der Waals surface area contributed by atoms with Gasteiger partial charge in [-0.05, 0) is 18.6 Å². The van der Waals surface area contributed by atoms with Crippen molar-refractivity contribution in [2.45, 2.75) is 17.4 Å². The molecule has 1 aliphatic heterocycles. The van der Waals surface area contributed by atoms with Gasteiger partial charge >= 0.3 is 0 Å². The molecular formula is C14H16N2O4S2. The zero-order chi connectivity index (χ0) is 15.6. The second kappa shape index (κ2) is 6.23. The fraction of sp³-hybridized carbons (Fsp3) is 0.357. The van der Waals surface area contributed by atoms with Crippen molar-refractivity contribution in [3.63, 3.8) is 0 Å². The van der Waals surface area contributed by atoms with Crippen LogP contribution in [-0.4, -0.2) is 44.0 Å². The van der Waals surface area contributed by atoms with Crippen LogP contribution in [0.15, 0.2) is 40.7 Å². The van der Waals surface area contributed by atoms with E-state index in [9.17, 15) is 8.42 Å². The third-order valence-corrected chi connectivity index (χ3v) is 6.04. The summed E-state index contributed by atoms with van der Waals surface area (Å²) < 4.78 is 37.8. The van der Waals surface area contributed by atoms with E-state index < -0.39 is 10.0 Å². The van der Waals surface area contributed by atoms with Gasteiger partial charge in [-0.1, -0.05) is 23.5 Å². The Morgan fingerprint density at radius 2 is 2.18 bits per heavy atom. The van der Waals surface area contributed by atoms with E-state index in [4.69, 9.17) is 9.47 Å². The monoisotopic (exact) mass is 340 g/mol. The number of thiazole rings is 1. The van der Waals surface area contributed by atoms with Crippen molar-refractivity contribution in [3.8, 4) is 10.9 Å². The summed E-state index contributed by atoms with van der Waals surface area (Å²) >= 11 is 1.40. The summed E-state index contributed by atoms with van der Waals surface area (Å²) in [6.07, 6.45) is 2.14. The van der Waals surface area contributed by atoms with Gasteiger partial charge < -0.3 is 9.47 Å². The van der Waals surface area contributed by atoms with Crippen LogP contribution in [0.1, 0.15) is 6.42 Å². The number of para-hydroxylation sites is 1. The van der Waals surface area contributed by atoms with Crippen LogP contribution in [0.5, 0.6) is 10.9 Å². The lowest BCUT2D eigenvalue weighted by atomic mass is 10.3. The van der Waals surface area contributed by atoms with Gasteiger partial charge in [-0.25, -0.2) is 13.4 Å². The second-order valence-electron chi connectivity index (χ2n) is 4.84. The van der Waals surface area contributed by atoms with Gasteiger partial charge in [0.25, 0.3) is 5.19 Å². The molecule has 0 radical (unpaired) electrons. The number of nitrogens with zero attached hydrogens (tertiary/aromatic N) is 2. The summed E-state index contributed by atoms with van der Waals surface area (Å²) in [7, 11) is -2.12. The van der Waals surface area contributed by atoms with Crippen LogP contribution in [0, 0.1) is 0 Å². The Hall–Kier alpha value is -1.64. The van der Waals surface area contributed by atoms with Gasteiger partial charge in [-0.3, -0.25) is 0 Å². The Bertz CT molecular complexity index is 731. The molecule has 1 fully saturated rings. The molecule has 2 aromatic rings. The highest BCUT2D eigenvalue weighted by atomic mass is 32.2. The van der Waals surface area contributed by atoms with Crippen LogP contribution < -0.4 is 9.47 Å². The maximum atomic E-state index is 12.7. The van der Waals surface area contributed by atoms with Gasteiger partial charge in [0.2, 0.25) is 10.0 Å². The van der Waals surface area contributed by atoms with E-state index in [1.165, 1.54) is 22.8 Å². The molecule has 8 heteroatoms. The van der Waals surface area contributed by atoms with Gasteiger partial charge in [-0.15, -0.1) is 0 Å². The van der Waals surface area contributed by atoms with Gasteiger partial charge in [-0.2, -0.15) is 4.31 Å². The topological polar surface area (TPSA) is 68.7 Å². The first kappa shape index (κ1) is 15.3. The Labute approximate surface area is 133 Å². The van der Waals surface area contributed by atoms with Crippen LogP contribution in [-0.2, 0) is 10.0 Å². The van der Waals surface area contributed by atoms with Crippen LogP contribution >= 0.6 is 11.3 Å². The summed E-state index contributed by atoms with van der Waals surface area (Å²) in [4.78, 5) is 4.25. The summed E-state index contributed by atoms with van der Waals surface area (Å²) in [5, 5.41) is 2.40. The highest BCUT2D eigenvalue weighted by molar-refractivity contribution is 7.89. The van der Waals surface area contributed by atoms with Crippen LogP contribution in [0.4, 0.5) is 0 Å². The van der Waals surface area contributed by atoms with Crippen molar-refractivity contribution < 1.29 is 17.9 Å². The Kier molecular flexibility index (Phi) is 4.32. The van der Waals surface area contributed by atoms with Gasteiger partial charge in [0.1, 0.15) is 16.7 Å². The van der Waals surface area contributed by atoms with Crippen LogP contribution in [0.2, 0.25) is 0 Å². The molecule has 0 unspecified atom stereocenters. The number of benzene rings is 1. The van der Waals surface area contributed by atoms with E-state index in [1.54, 1.807) is 30.5 Å². The molecule has 1 saturated heterocycles. The van der Waals surface area contributed by atoms with Crippen molar-refractivity contribution in [1.29, 1.82) is 0 Å². The zero-order valence-corrected chi connectivity index (χ0v) is 13.6.